The van der Waals surface area contributed by atoms with Crippen LogP contribution in [0.3, 0.4) is 0 Å². The molecule has 1 aliphatic heterocycles. The molecule has 1 N–H and O–H groups in total. The van der Waals surface area contributed by atoms with Crippen LogP contribution in [0.2, 0.25) is 0 Å². The fraction of sp³-hybridized carbons (Fsp3) is 0.316. The van der Waals surface area contributed by atoms with Gasteiger partial charge in [-0.05, 0) is 49.1 Å². The number of halogens is 1. The van der Waals surface area contributed by atoms with E-state index < -0.39 is 0 Å². The van der Waals surface area contributed by atoms with Crippen LogP contribution in [0.1, 0.15) is 30.5 Å². The van der Waals surface area contributed by atoms with Crippen LogP contribution in [-0.4, -0.2) is 19.0 Å². The topological polar surface area (TPSA) is 32.3 Å². The predicted molar refractivity (Wildman–Crippen MR) is 89.9 cm³/mol. The maximum atomic E-state index is 13.0. The number of rotatable bonds is 4. The largest absolute Gasteiger partial charge is 0.362 e. The van der Waals surface area contributed by atoms with Gasteiger partial charge in [-0.2, -0.15) is 0 Å². The minimum atomic E-state index is -0.266. The maximum Gasteiger partial charge on any atom is 0.239 e. The Morgan fingerprint density at radius 1 is 1.22 bits per heavy atom. The number of amides is 1. The normalized spacial score (nSPS) is 15.0. The first kappa shape index (κ1) is 15.5. The molecular weight excluding hydrogens is 291 g/mol. The smallest absolute Gasteiger partial charge is 0.239 e. The first-order valence-corrected chi connectivity index (χ1v) is 8.01. The summed E-state index contributed by atoms with van der Waals surface area (Å²) < 4.78 is 13.0. The van der Waals surface area contributed by atoms with Crippen LogP contribution in [0, 0.1) is 5.82 Å². The number of carbonyl (C=O) groups is 1. The van der Waals surface area contributed by atoms with E-state index in [4.69, 9.17) is 0 Å². The molecule has 0 spiro atoms. The van der Waals surface area contributed by atoms with Gasteiger partial charge in [0.25, 0.3) is 0 Å². The summed E-state index contributed by atoms with van der Waals surface area (Å²) >= 11 is 0. The molecule has 3 nitrogen and oxygen atoms in total. The van der Waals surface area contributed by atoms with Gasteiger partial charge in [0, 0.05) is 12.2 Å². The van der Waals surface area contributed by atoms with Gasteiger partial charge in [0.1, 0.15) is 5.82 Å². The lowest BCUT2D eigenvalue weighted by atomic mass is 10.0. The van der Waals surface area contributed by atoms with Crippen molar-refractivity contribution in [1.82, 2.24) is 5.32 Å². The number of benzene rings is 2. The highest BCUT2D eigenvalue weighted by Gasteiger charge is 2.19. The molecule has 23 heavy (non-hydrogen) atoms. The molecule has 1 amide bonds. The van der Waals surface area contributed by atoms with Crippen molar-refractivity contribution in [3.63, 3.8) is 0 Å². The van der Waals surface area contributed by atoms with Gasteiger partial charge in [-0.25, -0.2) is 4.39 Å². The molecule has 1 atom stereocenters. The molecular formula is C19H21FN2O. The molecule has 0 saturated carbocycles. The average molecular weight is 312 g/mol. The summed E-state index contributed by atoms with van der Waals surface area (Å²) in [5.41, 5.74) is 3.36. The third-order valence-electron chi connectivity index (χ3n) is 4.29. The Hall–Kier alpha value is -2.36. The molecule has 0 radical (unpaired) electrons. The molecule has 0 aromatic heterocycles. The van der Waals surface area contributed by atoms with E-state index in [1.807, 2.05) is 19.1 Å². The Bertz CT molecular complexity index is 684. The van der Waals surface area contributed by atoms with Gasteiger partial charge in [-0.15, -0.1) is 0 Å². The lowest BCUT2D eigenvalue weighted by Gasteiger charge is -2.31. The standard InChI is InChI=1S/C19H21FN2O/c1-14(15-8-10-17(20)11-9-15)21-19(23)13-22-12-4-6-16-5-2-3-7-18(16)22/h2-3,5,7-11,14H,4,6,12-13H2,1H3,(H,21,23). The third-order valence-corrected chi connectivity index (χ3v) is 4.29. The van der Waals surface area contributed by atoms with E-state index in [2.05, 4.69) is 22.3 Å². The summed E-state index contributed by atoms with van der Waals surface area (Å²) in [5.74, 6) is -0.282. The van der Waals surface area contributed by atoms with Crippen LogP contribution in [0.4, 0.5) is 10.1 Å². The molecule has 0 aliphatic carbocycles. The van der Waals surface area contributed by atoms with Crippen molar-refractivity contribution in [2.75, 3.05) is 18.0 Å². The minimum Gasteiger partial charge on any atom is -0.362 e. The van der Waals surface area contributed by atoms with E-state index in [0.29, 0.717) is 6.54 Å². The van der Waals surface area contributed by atoms with Crippen molar-refractivity contribution in [3.05, 3.63) is 65.5 Å². The van der Waals surface area contributed by atoms with Gasteiger partial charge >= 0.3 is 0 Å². The number of aryl methyl sites for hydroxylation is 1. The predicted octanol–water partition coefficient (Wildman–Crippen LogP) is 3.46. The summed E-state index contributed by atoms with van der Waals surface area (Å²) in [4.78, 5) is 14.5. The van der Waals surface area contributed by atoms with Crippen molar-refractivity contribution in [1.29, 1.82) is 0 Å². The SMILES string of the molecule is CC(NC(=O)CN1CCCc2ccccc21)c1ccc(F)cc1. The molecule has 0 bridgehead atoms. The number of hydrogen-bond donors (Lipinski definition) is 1. The van der Waals surface area contributed by atoms with Gasteiger partial charge in [0.05, 0.1) is 12.6 Å². The number of para-hydroxylation sites is 1. The average Bonchev–Trinajstić information content (AvgIpc) is 2.55. The van der Waals surface area contributed by atoms with Crippen LogP contribution in [-0.2, 0) is 11.2 Å². The molecule has 0 fully saturated rings. The molecule has 3 rings (SSSR count). The minimum absolute atomic E-state index is 0.0153. The molecule has 1 heterocycles. The van der Waals surface area contributed by atoms with E-state index in [9.17, 15) is 9.18 Å². The number of hydrogen-bond acceptors (Lipinski definition) is 2. The van der Waals surface area contributed by atoms with Crippen LogP contribution < -0.4 is 10.2 Å². The van der Waals surface area contributed by atoms with E-state index in [0.717, 1.165) is 30.6 Å². The second-order valence-electron chi connectivity index (χ2n) is 5.99. The summed E-state index contributed by atoms with van der Waals surface area (Å²) in [6.07, 6.45) is 2.14. The molecule has 0 saturated heterocycles. The van der Waals surface area contributed by atoms with Crippen molar-refractivity contribution >= 4 is 11.6 Å². The van der Waals surface area contributed by atoms with Crippen molar-refractivity contribution in [3.8, 4) is 0 Å². The fourth-order valence-electron chi connectivity index (χ4n) is 3.07. The van der Waals surface area contributed by atoms with Crippen molar-refractivity contribution < 1.29 is 9.18 Å². The fourth-order valence-corrected chi connectivity index (χ4v) is 3.07. The van der Waals surface area contributed by atoms with E-state index in [1.54, 1.807) is 12.1 Å². The van der Waals surface area contributed by atoms with Gasteiger partial charge in [-0.3, -0.25) is 4.79 Å². The lowest BCUT2D eigenvalue weighted by molar-refractivity contribution is -0.120. The second kappa shape index (κ2) is 6.82. The van der Waals surface area contributed by atoms with E-state index in [1.165, 1.54) is 17.7 Å². The summed E-state index contributed by atoms with van der Waals surface area (Å²) in [7, 11) is 0. The highest BCUT2D eigenvalue weighted by Crippen LogP contribution is 2.26. The molecule has 1 aliphatic rings. The molecule has 120 valence electrons. The van der Waals surface area contributed by atoms with Gasteiger partial charge < -0.3 is 10.2 Å². The Labute approximate surface area is 136 Å². The monoisotopic (exact) mass is 312 g/mol. The van der Waals surface area contributed by atoms with Crippen LogP contribution >= 0.6 is 0 Å². The molecule has 2 aromatic carbocycles. The summed E-state index contributed by atoms with van der Waals surface area (Å²) in [6.45, 7) is 3.16. The lowest BCUT2D eigenvalue weighted by Crippen LogP contribution is -2.40. The maximum absolute atomic E-state index is 13.0. The van der Waals surface area contributed by atoms with E-state index in [-0.39, 0.29) is 17.8 Å². The zero-order chi connectivity index (χ0) is 16.2. The van der Waals surface area contributed by atoms with E-state index >= 15 is 0 Å². The van der Waals surface area contributed by atoms with Crippen molar-refractivity contribution in [2.45, 2.75) is 25.8 Å². The Balaban J connectivity index is 1.63. The Morgan fingerprint density at radius 3 is 2.74 bits per heavy atom. The highest BCUT2D eigenvalue weighted by atomic mass is 19.1. The van der Waals surface area contributed by atoms with Crippen LogP contribution in [0.15, 0.2) is 48.5 Å². The second-order valence-corrected chi connectivity index (χ2v) is 5.99. The van der Waals surface area contributed by atoms with Gasteiger partial charge in [-0.1, -0.05) is 30.3 Å². The zero-order valence-electron chi connectivity index (χ0n) is 13.3. The zero-order valence-corrected chi connectivity index (χ0v) is 13.3. The number of anilines is 1. The first-order valence-electron chi connectivity index (χ1n) is 8.01. The van der Waals surface area contributed by atoms with Crippen LogP contribution in [0.5, 0.6) is 0 Å². The number of fused-ring (bicyclic) bond motifs is 1. The van der Waals surface area contributed by atoms with Gasteiger partial charge in [0.15, 0.2) is 0 Å². The number of nitrogens with zero attached hydrogens (tertiary/aromatic N) is 1. The number of nitrogens with one attached hydrogen (secondary N) is 1. The van der Waals surface area contributed by atoms with Crippen LogP contribution in [0.25, 0.3) is 0 Å². The van der Waals surface area contributed by atoms with Gasteiger partial charge in [0.2, 0.25) is 5.91 Å². The highest BCUT2D eigenvalue weighted by molar-refractivity contribution is 5.82. The Kier molecular flexibility index (Phi) is 4.60. The van der Waals surface area contributed by atoms with Crippen molar-refractivity contribution in [2.24, 2.45) is 0 Å². The quantitative estimate of drug-likeness (QED) is 0.938. The Morgan fingerprint density at radius 2 is 1.96 bits per heavy atom. The molecule has 1 unspecified atom stereocenters. The number of carbonyl (C=O) groups excluding carboxylic acids is 1. The molecule has 2 aromatic rings. The summed E-state index contributed by atoms with van der Waals surface area (Å²) in [5, 5.41) is 2.99. The molecule has 4 heteroatoms. The third kappa shape index (κ3) is 3.70. The summed E-state index contributed by atoms with van der Waals surface area (Å²) in [6, 6.07) is 14.4. The first-order chi connectivity index (χ1) is 11.1.